The van der Waals surface area contributed by atoms with Gasteiger partial charge in [-0.3, -0.25) is 0 Å². The van der Waals surface area contributed by atoms with E-state index in [1.807, 2.05) is 47.8 Å². The van der Waals surface area contributed by atoms with Gasteiger partial charge in [0, 0.05) is 54.4 Å². The summed E-state index contributed by atoms with van der Waals surface area (Å²) in [6, 6.07) is 0. The van der Waals surface area contributed by atoms with Crippen LogP contribution in [0, 0.1) is 0 Å². The van der Waals surface area contributed by atoms with Crippen molar-refractivity contribution >= 4 is 35.4 Å². The van der Waals surface area contributed by atoms with Crippen LogP contribution in [0.25, 0.3) is 0 Å². The van der Waals surface area contributed by atoms with Gasteiger partial charge in [-0.1, -0.05) is 0 Å². The SMILES string of the molecule is CN(CCN(C)c1nc(Cl)nc(N(C)CCN(C)c2ncncn2)n1)c1ncncn1. The minimum atomic E-state index is 0.135. The minimum Gasteiger partial charge on any atom is -0.342 e. The van der Waals surface area contributed by atoms with Crippen molar-refractivity contribution in [1.82, 2.24) is 44.9 Å². The van der Waals surface area contributed by atoms with E-state index in [0.717, 1.165) is 0 Å². The lowest BCUT2D eigenvalue weighted by Gasteiger charge is -2.24. The molecule has 3 aromatic heterocycles. The summed E-state index contributed by atoms with van der Waals surface area (Å²) in [5, 5.41) is 0.135. The Hall–Kier alpha value is -3.48. The maximum Gasteiger partial charge on any atom is 0.231 e. The fourth-order valence-corrected chi connectivity index (χ4v) is 2.68. The van der Waals surface area contributed by atoms with Crippen LogP contribution in [0.4, 0.5) is 23.8 Å². The van der Waals surface area contributed by atoms with Gasteiger partial charge < -0.3 is 19.6 Å². The van der Waals surface area contributed by atoms with E-state index in [9.17, 15) is 0 Å². The van der Waals surface area contributed by atoms with Crippen LogP contribution in [0.1, 0.15) is 0 Å². The van der Waals surface area contributed by atoms with E-state index >= 15 is 0 Å². The Balaban J connectivity index is 1.59. The quantitative estimate of drug-likeness (QED) is 0.416. The Morgan fingerprint density at radius 1 is 0.548 bits per heavy atom. The highest BCUT2D eigenvalue weighted by Gasteiger charge is 2.14. The number of aromatic nitrogens is 9. The summed E-state index contributed by atoms with van der Waals surface area (Å²) in [4.78, 5) is 44.9. The Morgan fingerprint density at radius 2 is 0.871 bits per heavy atom. The van der Waals surface area contributed by atoms with Gasteiger partial charge in [0.1, 0.15) is 25.3 Å². The molecule has 0 aliphatic heterocycles. The Bertz CT molecular complexity index is 872. The van der Waals surface area contributed by atoms with Crippen LogP contribution >= 0.6 is 11.6 Å². The molecule has 0 radical (unpaired) electrons. The zero-order valence-electron chi connectivity index (χ0n) is 17.8. The van der Waals surface area contributed by atoms with Crippen LogP contribution in [0.3, 0.4) is 0 Å². The molecule has 0 bridgehead atoms. The predicted molar refractivity (Wildman–Crippen MR) is 118 cm³/mol. The molecule has 0 atom stereocenters. The molecule has 0 fully saturated rings. The van der Waals surface area contributed by atoms with Crippen molar-refractivity contribution in [3.05, 3.63) is 30.6 Å². The van der Waals surface area contributed by atoms with Crippen molar-refractivity contribution in [2.75, 3.05) is 74.0 Å². The summed E-state index contributed by atoms with van der Waals surface area (Å²) in [6.07, 6.45) is 5.87. The first-order chi connectivity index (χ1) is 14.9. The highest BCUT2D eigenvalue weighted by Crippen LogP contribution is 2.15. The monoisotopic (exact) mass is 445 g/mol. The van der Waals surface area contributed by atoms with E-state index in [-0.39, 0.29) is 5.28 Å². The lowest BCUT2D eigenvalue weighted by atomic mass is 10.5. The average molecular weight is 446 g/mol. The minimum absolute atomic E-state index is 0.135. The summed E-state index contributed by atoms with van der Waals surface area (Å²) >= 11 is 6.17. The second-order valence-corrected chi connectivity index (χ2v) is 7.11. The molecule has 0 aromatic carbocycles. The molecule has 0 unspecified atom stereocenters. The number of anilines is 4. The molecule has 0 aliphatic carbocycles. The van der Waals surface area contributed by atoms with Crippen LogP contribution in [0.5, 0.6) is 0 Å². The molecule has 3 heterocycles. The third-order valence-electron chi connectivity index (χ3n) is 4.45. The fourth-order valence-electron chi connectivity index (χ4n) is 2.53. The van der Waals surface area contributed by atoms with E-state index in [2.05, 4.69) is 44.9 Å². The summed E-state index contributed by atoms with van der Waals surface area (Å²) in [7, 11) is 7.61. The van der Waals surface area contributed by atoms with Gasteiger partial charge in [-0.2, -0.15) is 15.0 Å². The van der Waals surface area contributed by atoms with Gasteiger partial charge in [0.2, 0.25) is 29.1 Å². The van der Waals surface area contributed by atoms with Crippen LogP contribution in [0.15, 0.2) is 25.3 Å². The molecule has 164 valence electrons. The third-order valence-corrected chi connectivity index (χ3v) is 4.62. The van der Waals surface area contributed by atoms with Gasteiger partial charge in [0.05, 0.1) is 0 Å². The number of nitrogens with zero attached hydrogens (tertiary/aromatic N) is 13. The summed E-state index contributed by atoms with van der Waals surface area (Å²) < 4.78 is 0. The normalized spacial score (nSPS) is 10.6. The van der Waals surface area contributed by atoms with Crippen molar-refractivity contribution < 1.29 is 0 Å². The molecule has 0 spiro atoms. The van der Waals surface area contributed by atoms with E-state index in [1.54, 1.807) is 0 Å². The van der Waals surface area contributed by atoms with E-state index in [0.29, 0.717) is 50.0 Å². The Morgan fingerprint density at radius 3 is 1.23 bits per heavy atom. The molecule has 0 saturated carbocycles. The molecule has 3 rings (SSSR count). The van der Waals surface area contributed by atoms with Gasteiger partial charge in [-0.15, -0.1) is 0 Å². The van der Waals surface area contributed by atoms with E-state index < -0.39 is 0 Å². The maximum absolute atomic E-state index is 6.17. The van der Waals surface area contributed by atoms with Crippen molar-refractivity contribution in [3.8, 4) is 0 Å². The highest BCUT2D eigenvalue weighted by atomic mass is 35.5. The Kier molecular flexibility index (Phi) is 7.54. The first kappa shape index (κ1) is 22.2. The van der Waals surface area contributed by atoms with Gasteiger partial charge in [0.15, 0.2) is 0 Å². The van der Waals surface area contributed by atoms with E-state index in [4.69, 9.17) is 11.6 Å². The zero-order chi connectivity index (χ0) is 22.2. The molecule has 0 aliphatic rings. The first-order valence-corrected chi connectivity index (χ1v) is 9.82. The largest absolute Gasteiger partial charge is 0.342 e. The van der Waals surface area contributed by atoms with Gasteiger partial charge in [0.25, 0.3) is 0 Å². The van der Waals surface area contributed by atoms with Crippen molar-refractivity contribution in [3.63, 3.8) is 0 Å². The molecular weight excluding hydrogens is 422 g/mol. The molecule has 3 aromatic rings. The topological polar surface area (TPSA) is 129 Å². The average Bonchev–Trinajstić information content (AvgIpc) is 2.81. The number of rotatable bonds is 10. The second kappa shape index (κ2) is 10.5. The number of hydrogen-bond acceptors (Lipinski definition) is 13. The number of likely N-dealkylation sites (N-methyl/N-ethyl adjacent to an activating group) is 4. The van der Waals surface area contributed by atoms with Crippen molar-refractivity contribution in [2.24, 2.45) is 0 Å². The molecule has 31 heavy (non-hydrogen) atoms. The fraction of sp³-hybridized carbons (Fsp3) is 0.471. The number of hydrogen-bond donors (Lipinski definition) is 0. The number of halogens is 1. The molecule has 0 saturated heterocycles. The van der Waals surface area contributed by atoms with Crippen molar-refractivity contribution in [1.29, 1.82) is 0 Å². The van der Waals surface area contributed by atoms with E-state index in [1.165, 1.54) is 25.3 Å². The molecule has 0 N–H and O–H groups in total. The predicted octanol–water partition coefficient (Wildman–Crippen LogP) is 0.0402. The van der Waals surface area contributed by atoms with Crippen LogP contribution in [-0.4, -0.2) is 99.2 Å². The van der Waals surface area contributed by atoms with Gasteiger partial charge >= 0.3 is 0 Å². The standard InChI is InChI=1S/C17H24ClN13/c1-28(14-21-9-19-10-22-14)5-7-30(3)16-25-13(18)26-17(27-16)31(4)8-6-29(2)15-23-11-20-12-24-15/h9-12H,5-8H2,1-4H3. The summed E-state index contributed by atoms with van der Waals surface area (Å²) in [5.41, 5.74) is 0. The summed E-state index contributed by atoms with van der Waals surface area (Å²) in [6.45, 7) is 2.58. The molecular formula is C17H24ClN13. The summed E-state index contributed by atoms with van der Waals surface area (Å²) in [5.74, 6) is 2.16. The molecule has 0 amide bonds. The van der Waals surface area contributed by atoms with Gasteiger partial charge in [-0.25, -0.2) is 29.9 Å². The lowest BCUT2D eigenvalue weighted by molar-refractivity contribution is 0.761. The highest BCUT2D eigenvalue weighted by molar-refractivity contribution is 6.28. The molecule has 14 heteroatoms. The maximum atomic E-state index is 6.17. The zero-order valence-corrected chi connectivity index (χ0v) is 18.6. The van der Waals surface area contributed by atoms with Crippen LogP contribution in [0.2, 0.25) is 5.28 Å². The second-order valence-electron chi connectivity index (χ2n) is 6.77. The lowest BCUT2D eigenvalue weighted by Crippen LogP contribution is -2.34. The smallest absolute Gasteiger partial charge is 0.231 e. The van der Waals surface area contributed by atoms with Crippen LogP contribution < -0.4 is 19.6 Å². The first-order valence-electron chi connectivity index (χ1n) is 9.44. The third kappa shape index (κ3) is 6.25. The van der Waals surface area contributed by atoms with Crippen LogP contribution in [-0.2, 0) is 0 Å². The molecule has 13 nitrogen and oxygen atoms in total. The van der Waals surface area contributed by atoms with Crippen molar-refractivity contribution in [2.45, 2.75) is 0 Å². The van der Waals surface area contributed by atoms with Gasteiger partial charge in [-0.05, 0) is 11.6 Å². The Labute approximate surface area is 185 Å².